The summed E-state index contributed by atoms with van der Waals surface area (Å²) < 4.78 is 27.1. The van der Waals surface area contributed by atoms with Gasteiger partial charge in [0.1, 0.15) is 0 Å². The standard InChI is InChI=1S/C8H14N2O4S/c11-8(12)6-3-4-10(5-6)15(13,14)9-7-1-2-7/h6-7,9H,1-5H2,(H,11,12). The molecule has 7 heteroatoms. The fourth-order valence-corrected chi connectivity index (χ4v) is 3.16. The Labute approximate surface area is 88.4 Å². The van der Waals surface area contributed by atoms with E-state index in [1.807, 2.05) is 0 Å². The molecule has 2 fully saturated rings. The van der Waals surface area contributed by atoms with Crippen LogP contribution >= 0.6 is 0 Å². The molecule has 1 unspecified atom stereocenters. The van der Waals surface area contributed by atoms with Gasteiger partial charge in [0.05, 0.1) is 5.92 Å². The molecule has 0 radical (unpaired) electrons. The number of nitrogens with zero attached hydrogens (tertiary/aromatic N) is 1. The van der Waals surface area contributed by atoms with Crippen molar-refractivity contribution < 1.29 is 18.3 Å². The van der Waals surface area contributed by atoms with Crippen LogP contribution in [0.4, 0.5) is 0 Å². The Balaban J connectivity index is 1.96. The minimum atomic E-state index is -3.44. The molecule has 86 valence electrons. The monoisotopic (exact) mass is 234 g/mol. The molecule has 1 saturated carbocycles. The van der Waals surface area contributed by atoms with E-state index < -0.39 is 22.1 Å². The van der Waals surface area contributed by atoms with E-state index in [2.05, 4.69) is 4.72 Å². The van der Waals surface area contributed by atoms with Crippen molar-refractivity contribution in [1.82, 2.24) is 9.03 Å². The highest BCUT2D eigenvalue weighted by molar-refractivity contribution is 7.87. The third-order valence-corrected chi connectivity index (χ3v) is 4.38. The number of rotatable bonds is 4. The van der Waals surface area contributed by atoms with Gasteiger partial charge in [-0.15, -0.1) is 0 Å². The van der Waals surface area contributed by atoms with Crippen molar-refractivity contribution in [2.45, 2.75) is 25.3 Å². The summed E-state index contributed by atoms with van der Waals surface area (Å²) in [7, 11) is -3.44. The molecular weight excluding hydrogens is 220 g/mol. The second-order valence-electron chi connectivity index (χ2n) is 4.08. The summed E-state index contributed by atoms with van der Waals surface area (Å²) in [6.07, 6.45) is 2.17. The normalized spacial score (nSPS) is 28.1. The van der Waals surface area contributed by atoms with Gasteiger partial charge in [-0.3, -0.25) is 4.79 Å². The minimum absolute atomic E-state index is 0.0684. The van der Waals surface area contributed by atoms with Crippen molar-refractivity contribution in [2.24, 2.45) is 5.92 Å². The van der Waals surface area contributed by atoms with Crippen LogP contribution in [0.1, 0.15) is 19.3 Å². The number of carboxylic acids is 1. The van der Waals surface area contributed by atoms with Gasteiger partial charge in [0.25, 0.3) is 10.2 Å². The number of nitrogens with one attached hydrogen (secondary N) is 1. The van der Waals surface area contributed by atoms with Crippen LogP contribution in [-0.2, 0) is 15.0 Å². The van der Waals surface area contributed by atoms with Crippen molar-refractivity contribution in [2.75, 3.05) is 13.1 Å². The summed E-state index contributed by atoms with van der Waals surface area (Å²) in [4.78, 5) is 10.7. The van der Waals surface area contributed by atoms with Gasteiger partial charge in [0.2, 0.25) is 0 Å². The first-order chi connectivity index (χ1) is 6.99. The quantitative estimate of drug-likeness (QED) is 0.679. The second-order valence-corrected chi connectivity index (χ2v) is 5.78. The van der Waals surface area contributed by atoms with Gasteiger partial charge in [0.15, 0.2) is 0 Å². The number of aliphatic carboxylic acids is 1. The molecule has 2 rings (SSSR count). The Bertz CT molecular complexity index is 363. The Morgan fingerprint density at radius 3 is 2.47 bits per heavy atom. The van der Waals surface area contributed by atoms with E-state index >= 15 is 0 Å². The predicted molar refractivity (Wildman–Crippen MR) is 52.4 cm³/mol. The maximum absolute atomic E-state index is 11.7. The van der Waals surface area contributed by atoms with Gasteiger partial charge >= 0.3 is 5.97 Å². The molecule has 0 aromatic rings. The third-order valence-electron chi connectivity index (χ3n) is 2.73. The maximum Gasteiger partial charge on any atom is 0.307 e. The van der Waals surface area contributed by atoms with E-state index in [0.717, 1.165) is 12.8 Å². The van der Waals surface area contributed by atoms with Crippen molar-refractivity contribution >= 4 is 16.2 Å². The van der Waals surface area contributed by atoms with E-state index in [-0.39, 0.29) is 12.6 Å². The SMILES string of the molecule is O=C(O)C1CCN(S(=O)(=O)NC2CC2)C1. The van der Waals surface area contributed by atoms with Crippen LogP contribution < -0.4 is 4.72 Å². The Morgan fingerprint density at radius 2 is 2.00 bits per heavy atom. The lowest BCUT2D eigenvalue weighted by molar-refractivity contribution is -0.141. The lowest BCUT2D eigenvalue weighted by Gasteiger charge is -2.15. The first-order valence-corrected chi connectivity index (χ1v) is 6.43. The Morgan fingerprint density at radius 1 is 1.33 bits per heavy atom. The second kappa shape index (κ2) is 3.73. The summed E-state index contributed by atoms with van der Waals surface area (Å²) >= 11 is 0. The summed E-state index contributed by atoms with van der Waals surface area (Å²) in [5.41, 5.74) is 0. The molecule has 1 heterocycles. The molecule has 0 spiro atoms. The molecule has 1 atom stereocenters. The molecule has 0 aromatic heterocycles. The van der Waals surface area contributed by atoms with Crippen LogP contribution in [0.3, 0.4) is 0 Å². The lowest BCUT2D eigenvalue weighted by atomic mass is 10.1. The number of hydrogen-bond donors (Lipinski definition) is 2. The Kier molecular flexibility index (Phi) is 2.70. The van der Waals surface area contributed by atoms with Crippen molar-refractivity contribution in [3.05, 3.63) is 0 Å². The summed E-state index contributed by atoms with van der Waals surface area (Å²) in [6.45, 7) is 0.399. The fraction of sp³-hybridized carbons (Fsp3) is 0.875. The molecule has 0 aromatic carbocycles. The smallest absolute Gasteiger partial charge is 0.307 e. The van der Waals surface area contributed by atoms with Gasteiger partial charge in [-0.05, 0) is 19.3 Å². The topological polar surface area (TPSA) is 86.7 Å². The van der Waals surface area contributed by atoms with Crippen LogP contribution in [-0.4, -0.2) is 42.9 Å². The molecule has 15 heavy (non-hydrogen) atoms. The third kappa shape index (κ3) is 2.47. The first kappa shape index (κ1) is 10.8. The maximum atomic E-state index is 11.7. The average Bonchev–Trinajstić information content (AvgIpc) is 2.80. The zero-order valence-corrected chi connectivity index (χ0v) is 9.03. The van der Waals surface area contributed by atoms with Crippen LogP contribution in [0.5, 0.6) is 0 Å². The van der Waals surface area contributed by atoms with Gasteiger partial charge in [-0.25, -0.2) is 0 Å². The molecule has 0 amide bonds. The van der Waals surface area contributed by atoms with Crippen LogP contribution in [0.15, 0.2) is 0 Å². The summed E-state index contributed by atoms with van der Waals surface area (Å²) in [5, 5.41) is 8.75. The lowest BCUT2D eigenvalue weighted by Crippen LogP contribution is -2.40. The molecule has 1 saturated heterocycles. The van der Waals surface area contributed by atoms with Crippen molar-refractivity contribution in [3.8, 4) is 0 Å². The molecule has 2 aliphatic rings. The Hall–Kier alpha value is -0.660. The number of carbonyl (C=O) groups is 1. The predicted octanol–water partition coefficient (Wildman–Crippen LogP) is -0.610. The van der Waals surface area contributed by atoms with Gasteiger partial charge in [0, 0.05) is 19.1 Å². The number of carboxylic acid groups (broad SMARTS) is 1. The van der Waals surface area contributed by atoms with Gasteiger partial charge in [-0.2, -0.15) is 17.4 Å². The van der Waals surface area contributed by atoms with E-state index in [4.69, 9.17) is 5.11 Å². The molecule has 1 aliphatic heterocycles. The molecule has 1 aliphatic carbocycles. The molecule has 2 N–H and O–H groups in total. The van der Waals surface area contributed by atoms with Crippen LogP contribution in [0.25, 0.3) is 0 Å². The highest BCUT2D eigenvalue weighted by Crippen LogP contribution is 2.23. The zero-order valence-electron chi connectivity index (χ0n) is 8.22. The highest BCUT2D eigenvalue weighted by atomic mass is 32.2. The largest absolute Gasteiger partial charge is 0.481 e. The molecule has 6 nitrogen and oxygen atoms in total. The number of hydrogen-bond acceptors (Lipinski definition) is 3. The molecule has 0 bridgehead atoms. The fourth-order valence-electron chi connectivity index (χ4n) is 1.63. The average molecular weight is 234 g/mol. The van der Waals surface area contributed by atoms with Gasteiger partial charge in [-0.1, -0.05) is 0 Å². The van der Waals surface area contributed by atoms with E-state index in [1.54, 1.807) is 0 Å². The highest BCUT2D eigenvalue weighted by Gasteiger charge is 2.37. The van der Waals surface area contributed by atoms with E-state index in [0.29, 0.717) is 13.0 Å². The molecular formula is C8H14N2O4S. The van der Waals surface area contributed by atoms with Gasteiger partial charge < -0.3 is 5.11 Å². The summed E-state index contributed by atoms with van der Waals surface area (Å²) in [5.74, 6) is -1.47. The van der Waals surface area contributed by atoms with Crippen LogP contribution in [0.2, 0.25) is 0 Å². The minimum Gasteiger partial charge on any atom is -0.481 e. The first-order valence-electron chi connectivity index (χ1n) is 4.99. The van der Waals surface area contributed by atoms with Crippen LogP contribution in [0, 0.1) is 5.92 Å². The van der Waals surface area contributed by atoms with E-state index in [9.17, 15) is 13.2 Å². The van der Waals surface area contributed by atoms with Crippen molar-refractivity contribution in [1.29, 1.82) is 0 Å². The van der Waals surface area contributed by atoms with E-state index in [1.165, 1.54) is 4.31 Å². The zero-order chi connectivity index (χ0) is 11.1. The van der Waals surface area contributed by atoms with Crippen molar-refractivity contribution in [3.63, 3.8) is 0 Å². The summed E-state index contributed by atoms with van der Waals surface area (Å²) in [6, 6.07) is 0.0684.